The van der Waals surface area contributed by atoms with Crippen LogP contribution < -0.4 is 15.0 Å². The number of nitro groups is 1. The Morgan fingerprint density at radius 3 is 2.52 bits per heavy atom. The Morgan fingerprint density at radius 2 is 1.93 bits per heavy atom. The first-order chi connectivity index (χ1) is 13.8. The third kappa shape index (κ3) is 4.24. The van der Waals surface area contributed by atoms with Gasteiger partial charge >= 0.3 is 5.97 Å². The molecule has 1 heterocycles. The highest BCUT2D eigenvalue weighted by Crippen LogP contribution is 2.36. The number of carboxylic acids is 1. The smallest absolute Gasteiger partial charge is 0.335 e. The Kier molecular flexibility index (Phi) is 5.88. The van der Waals surface area contributed by atoms with Crippen LogP contribution in [0.15, 0.2) is 30.3 Å². The van der Waals surface area contributed by atoms with Gasteiger partial charge in [-0.1, -0.05) is 11.6 Å². The van der Waals surface area contributed by atoms with E-state index in [1.165, 1.54) is 31.4 Å². The van der Waals surface area contributed by atoms with Crippen molar-refractivity contribution in [3.8, 4) is 5.75 Å². The fraction of sp³-hybridized carbons (Fsp3) is 0.263. The van der Waals surface area contributed by atoms with E-state index in [2.05, 4.69) is 5.32 Å². The van der Waals surface area contributed by atoms with Crippen molar-refractivity contribution in [1.82, 2.24) is 0 Å². The van der Waals surface area contributed by atoms with Crippen molar-refractivity contribution in [3.05, 3.63) is 56.6 Å². The van der Waals surface area contributed by atoms with Gasteiger partial charge in [-0.3, -0.25) is 14.9 Å². The molecule has 10 heteroatoms. The highest BCUT2D eigenvalue weighted by atomic mass is 35.5. The summed E-state index contributed by atoms with van der Waals surface area (Å²) in [6.45, 7) is 1.48. The van der Waals surface area contributed by atoms with Gasteiger partial charge in [0.25, 0.3) is 11.6 Å². The lowest BCUT2D eigenvalue weighted by Gasteiger charge is -2.21. The van der Waals surface area contributed by atoms with Crippen molar-refractivity contribution in [1.29, 1.82) is 0 Å². The number of nitro benzene ring substituents is 1. The number of amides is 1. The number of aromatic carboxylic acids is 1. The Balaban J connectivity index is 2.03. The number of anilines is 2. The molecular weight excluding hydrogens is 402 g/mol. The SMILES string of the molecule is COc1c(Cl)cc(C(=O)O)cc1NC(=O)c1cc([N+](=O)[O-])ccc1N1CCCC1. The van der Waals surface area contributed by atoms with E-state index in [0.29, 0.717) is 5.69 Å². The number of nitrogens with zero attached hydrogens (tertiary/aromatic N) is 2. The van der Waals surface area contributed by atoms with E-state index in [0.717, 1.165) is 25.9 Å². The molecule has 3 rings (SSSR count). The molecule has 1 saturated heterocycles. The molecule has 29 heavy (non-hydrogen) atoms. The van der Waals surface area contributed by atoms with Crippen molar-refractivity contribution in [3.63, 3.8) is 0 Å². The maximum atomic E-state index is 13.0. The zero-order valence-corrected chi connectivity index (χ0v) is 16.2. The van der Waals surface area contributed by atoms with Crippen molar-refractivity contribution in [2.24, 2.45) is 0 Å². The first-order valence-electron chi connectivity index (χ1n) is 8.77. The summed E-state index contributed by atoms with van der Waals surface area (Å²) in [4.78, 5) is 36.9. The van der Waals surface area contributed by atoms with E-state index in [4.69, 9.17) is 16.3 Å². The number of rotatable bonds is 6. The van der Waals surface area contributed by atoms with Crippen LogP contribution in [0.2, 0.25) is 5.02 Å². The lowest BCUT2D eigenvalue weighted by atomic mass is 10.1. The molecule has 1 aliphatic heterocycles. The summed E-state index contributed by atoms with van der Waals surface area (Å²) in [5.74, 6) is -1.76. The number of methoxy groups -OCH3 is 1. The van der Waals surface area contributed by atoms with Crippen LogP contribution in [0.1, 0.15) is 33.6 Å². The predicted octanol–water partition coefficient (Wildman–Crippen LogP) is 3.81. The van der Waals surface area contributed by atoms with Gasteiger partial charge in [0.15, 0.2) is 5.75 Å². The van der Waals surface area contributed by atoms with Gasteiger partial charge in [0.05, 0.1) is 39.6 Å². The fourth-order valence-electron chi connectivity index (χ4n) is 3.26. The molecule has 0 atom stereocenters. The molecule has 1 fully saturated rings. The van der Waals surface area contributed by atoms with Gasteiger partial charge in [0, 0.05) is 25.2 Å². The molecule has 0 radical (unpaired) electrons. The quantitative estimate of drug-likeness (QED) is 0.539. The number of ether oxygens (including phenoxy) is 1. The number of nitrogens with one attached hydrogen (secondary N) is 1. The third-order valence-electron chi connectivity index (χ3n) is 4.63. The van der Waals surface area contributed by atoms with Crippen LogP contribution in [-0.4, -0.2) is 42.1 Å². The summed E-state index contributed by atoms with van der Waals surface area (Å²) < 4.78 is 5.18. The van der Waals surface area contributed by atoms with E-state index < -0.39 is 16.8 Å². The summed E-state index contributed by atoms with van der Waals surface area (Å²) >= 11 is 6.07. The Hall–Kier alpha value is -3.33. The van der Waals surface area contributed by atoms with Gasteiger partial charge in [-0.2, -0.15) is 0 Å². The first-order valence-corrected chi connectivity index (χ1v) is 9.15. The number of benzene rings is 2. The van der Waals surface area contributed by atoms with Gasteiger partial charge in [-0.05, 0) is 31.0 Å². The molecular formula is C19H18ClN3O6. The van der Waals surface area contributed by atoms with E-state index in [1.54, 1.807) is 6.07 Å². The molecule has 2 aromatic carbocycles. The van der Waals surface area contributed by atoms with Crippen LogP contribution in [0.5, 0.6) is 5.75 Å². The van der Waals surface area contributed by atoms with Gasteiger partial charge in [0.2, 0.25) is 0 Å². The van der Waals surface area contributed by atoms with Crippen molar-refractivity contribution < 1.29 is 24.4 Å². The fourth-order valence-corrected chi connectivity index (χ4v) is 3.56. The molecule has 2 aromatic rings. The number of hydrogen-bond donors (Lipinski definition) is 2. The average Bonchev–Trinajstić information content (AvgIpc) is 3.21. The maximum absolute atomic E-state index is 13.0. The minimum atomic E-state index is -1.22. The minimum absolute atomic E-state index is 0.0153. The molecule has 152 valence electrons. The Morgan fingerprint density at radius 1 is 1.24 bits per heavy atom. The molecule has 0 bridgehead atoms. The molecule has 2 N–H and O–H groups in total. The lowest BCUT2D eigenvalue weighted by molar-refractivity contribution is -0.384. The zero-order valence-electron chi connectivity index (χ0n) is 15.5. The Bertz CT molecular complexity index is 988. The first kappa shape index (κ1) is 20.4. The highest BCUT2D eigenvalue weighted by Gasteiger charge is 2.24. The molecule has 1 amide bonds. The minimum Gasteiger partial charge on any atom is -0.493 e. The summed E-state index contributed by atoms with van der Waals surface area (Å²) in [6.07, 6.45) is 1.92. The third-order valence-corrected chi connectivity index (χ3v) is 4.91. The van der Waals surface area contributed by atoms with Crippen LogP contribution in [0, 0.1) is 10.1 Å². The van der Waals surface area contributed by atoms with Gasteiger partial charge in [-0.25, -0.2) is 4.79 Å². The number of carbonyl (C=O) groups excluding carboxylic acids is 1. The highest BCUT2D eigenvalue weighted by molar-refractivity contribution is 6.33. The van der Waals surface area contributed by atoms with Crippen LogP contribution in [0.4, 0.5) is 17.1 Å². The lowest BCUT2D eigenvalue weighted by Crippen LogP contribution is -2.23. The summed E-state index contributed by atoms with van der Waals surface area (Å²) in [5.41, 5.74) is 0.388. The molecule has 9 nitrogen and oxygen atoms in total. The predicted molar refractivity (Wildman–Crippen MR) is 107 cm³/mol. The van der Waals surface area contributed by atoms with E-state index >= 15 is 0 Å². The molecule has 0 aromatic heterocycles. The zero-order chi connectivity index (χ0) is 21.1. The second kappa shape index (κ2) is 8.36. The number of halogens is 1. The van der Waals surface area contributed by atoms with E-state index in [-0.39, 0.29) is 33.3 Å². The van der Waals surface area contributed by atoms with Crippen LogP contribution in [-0.2, 0) is 0 Å². The number of hydrogen-bond acceptors (Lipinski definition) is 6. The molecule has 0 aliphatic carbocycles. The number of carbonyl (C=O) groups is 2. The summed E-state index contributed by atoms with van der Waals surface area (Å²) in [5, 5.41) is 23.0. The monoisotopic (exact) mass is 419 g/mol. The van der Waals surface area contributed by atoms with Crippen molar-refractivity contribution in [2.45, 2.75) is 12.8 Å². The van der Waals surface area contributed by atoms with Crippen LogP contribution in [0.25, 0.3) is 0 Å². The van der Waals surface area contributed by atoms with Crippen molar-refractivity contribution in [2.75, 3.05) is 30.4 Å². The summed E-state index contributed by atoms with van der Waals surface area (Å²) in [7, 11) is 1.33. The molecule has 0 saturated carbocycles. The second-order valence-electron chi connectivity index (χ2n) is 6.45. The topological polar surface area (TPSA) is 122 Å². The molecule has 0 spiro atoms. The Labute approximate surface area is 171 Å². The normalized spacial score (nSPS) is 13.2. The van der Waals surface area contributed by atoms with Crippen LogP contribution in [0.3, 0.4) is 0 Å². The molecule has 1 aliphatic rings. The second-order valence-corrected chi connectivity index (χ2v) is 6.86. The molecule has 0 unspecified atom stereocenters. The van der Waals surface area contributed by atoms with Gasteiger partial charge < -0.3 is 20.1 Å². The number of carboxylic acid groups (broad SMARTS) is 1. The van der Waals surface area contributed by atoms with E-state index in [1.807, 2.05) is 4.90 Å². The van der Waals surface area contributed by atoms with Gasteiger partial charge in [-0.15, -0.1) is 0 Å². The summed E-state index contributed by atoms with van der Waals surface area (Å²) in [6, 6.07) is 6.54. The maximum Gasteiger partial charge on any atom is 0.335 e. The largest absolute Gasteiger partial charge is 0.493 e. The standard InChI is InChI=1S/C19H18ClN3O6/c1-29-17-14(20)8-11(19(25)26)9-15(17)21-18(24)13-10-12(23(27)28)4-5-16(13)22-6-2-3-7-22/h4-5,8-10H,2-3,6-7H2,1H3,(H,21,24)(H,25,26). The average molecular weight is 420 g/mol. The van der Waals surface area contributed by atoms with Crippen molar-refractivity contribution >= 4 is 40.5 Å². The van der Waals surface area contributed by atoms with Crippen LogP contribution >= 0.6 is 11.6 Å². The van der Waals surface area contributed by atoms with Gasteiger partial charge in [0.1, 0.15) is 0 Å². The van der Waals surface area contributed by atoms with E-state index in [9.17, 15) is 24.8 Å². The number of non-ortho nitro benzene ring substituents is 1.